The molecule has 2 aliphatic rings. The third-order valence-corrected chi connectivity index (χ3v) is 5.68. The molecule has 0 bridgehead atoms. The molecule has 0 spiro atoms. The van der Waals surface area contributed by atoms with Gasteiger partial charge in [0.1, 0.15) is 0 Å². The third kappa shape index (κ3) is 3.67. The highest BCUT2D eigenvalue weighted by molar-refractivity contribution is 6.21. The van der Waals surface area contributed by atoms with E-state index < -0.39 is 6.04 Å². The number of carbonyl (C=O) groups is 2. The molecule has 0 N–H and O–H groups in total. The van der Waals surface area contributed by atoms with E-state index in [0.29, 0.717) is 30.3 Å². The fourth-order valence-corrected chi connectivity index (χ4v) is 4.19. The predicted molar refractivity (Wildman–Crippen MR) is 104 cm³/mol. The van der Waals surface area contributed by atoms with Gasteiger partial charge in [0.25, 0.3) is 11.8 Å². The summed E-state index contributed by atoms with van der Waals surface area (Å²) in [6.07, 6.45) is 6.29. The quantitative estimate of drug-likeness (QED) is 0.704. The molecule has 0 aromatic heterocycles. The van der Waals surface area contributed by atoms with Crippen LogP contribution in [0.1, 0.15) is 64.4 Å². The third-order valence-electron chi connectivity index (χ3n) is 5.68. The van der Waals surface area contributed by atoms with Crippen LogP contribution in [0.15, 0.2) is 54.6 Å². The van der Waals surface area contributed by atoms with E-state index >= 15 is 0 Å². The Labute approximate surface area is 160 Å². The van der Waals surface area contributed by atoms with Crippen LogP contribution in [0.3, 0.4) is 0 Å². The van der Waals surface area contributed by atoms with Crippen molar-refractivity contribution in [1.82, 2.24) is 4.90 Å². The summed E-state index contributed by atoms with van der Waals surface area (Å²) in [4.78, 5) is 27.2. The molecule has 140 valence electrons. The number of amides is 2. The lowest BCUT2D eigenvalue weighted by Crippen LogP contribution is -2.37. The van der Waals surface area contributed by atoms with Crippen molar-refractivity contribution in [1.29, 1.82) is 0 Å². The van der Waals surface area contributed by atoms with Crippen molar-refractivity contribution < 1.29 is 14.3 Å². The maximum Gasteiger partial charge on any atom is 0.262 e. The van der Waals surface area contributed by atoms with Crippen LogP contribution in [0.2, 0.25) is 0 Å². The Morgan fingerprint density at radius 1 is 0.852 bits per heavy atom. The number of hydrogen-bond acceptors (Lipinski definition) is 3. The Morgan fingerprint density at radius 2 is 1.44 bits per heavy atom. The number of fused-ring (bicyclic) bond motifs is 1. The summed E-state index contributed by atoms with van der Waals surface area (Å²) in [6.45, 7) is 1.04. The second-order valence-electron chi connectivity index (χ2n) is 7.49. The first-order valence-electron chi connectivity index (χ1n) is 9.85. The molecule has 2 aromatic carbocycles. The number of carbonyl (C=O) groups excluding carboxylic acids is 2. The van der Waals surface area contributed by atoms with Gasteiger partial charge in [-0.3, -0.25) is 14.5 Å². The van der Waals surface area contributed by atoms with E-state index in [1.165, 1.54) is 37.0 Å². The van der Waals surface area contributed by atoms with E-state index in [0.717, 1.165) is 5.56 Å². The van der Waals surface area contributed by atoms with Crippen LogP contribution in [0.5, 0.6) is 0 Å². The molecular formula is C23H25NO3. The van der Waals surface area contributed by atoms with Gasteiger partial charge in [-0.25, -0.2) is 0 Å². The molecule has 1 atom stereocenters. The Kier molecular flexibility index (Phi) is 5.35. The molecule has 27 heavy (non-hydrogen) atoms. The van der Waals surface area contributed by atoms with Crippen LogP contribution in [-0.2, 0) is 4.74 Å². The Hall–Kier alpha value is -2.46. The van der Waals surface area contributed by atoms with Crippen molar-refractivity contribution in [3.05, 3.63) is 71.3 Å². The van der Waals surface area contributed by atoms with Gasteiger partial charge in [-0.1, -0.05) is 61.7 Å². The molecular weight excluding hydrogens is 338 g/mol. The standard InChI is InChI=1S/C23H25NO3/c25-22-19-13-7-8-14-20(19)23(26)24(22)21(18-11-5-2-6-12-18)16-27-15-17-9-3-1-4-10-17/h2,5-8,11-14,17,21H,1,3-4,9-10,15-16H2/t21-/m0/s1. The van der Waals surface area contributed by atoms with Gasteiger partial charge < -0.3 is 4.74 Å². The van der Waals surface area contributed by atoms with Crippen LogP contribution in [0.4, 0.5) is 0 Å². The molecule has 2 aromatic rings. The van der Waals surface area contributed by atoms with Crippen LogP contribution in [0, 0.1) is 5.92 Å². The van der Waals surface area contributed by atoms with Gasteiger partial charge in [-0.2, -0.15) is 0 Å². The number of hydrogen-bond donors (Lipinski definition) is 0. The van der Waals surface area contributed by atoms with Crippen LogP contribution >= 0.6 is 0 Å². The monoisotopic (exact) mass is 363 g/mol. The highest BCUT2D eigenvalue weighted by Crippen LogP contribution is 2.32. The van der Waals surface area contributed by atoms with Crippen molar-refractivity contribution in [3.63, 3.8) is 0 Å². The lowest BCUT2D eigenvalue weighted by molar-refractivity contribution is 0.0286. The Bertz CT molecular complexity index is 776. The summed E-state index contributed by atoms with van der Waals surface area (Å²) >= 11 is 0. The van der Waals surface area contributed by atoms with Crippen molar-refractivity contribution in [2.24, 2.45) is 5.92 Å². The van der Waals surface area contributed by atoms with Gasteiger partial charge in [0.15, 0.2) is 0 Å². The first kappa shape index (κ1) is 17.9. The predicted octanol–water partition coefficient (Wildman–Crippen LogP) is 4.62. The second-order valence-corrected chi connectivity index (χ2v) is 7.49. The maximum absolute atomic E-state index is 12.9. The molecule has 4 nitrogen and oxygen atoms in total. The lowest BCUT2D eigenvalue weighted by atomic mass is 9.90. The molecule has 1 fully saturated rings. The zero-order valence-electron chi connectivity index (χ0n) is 15.5. The van der Waals surface area contributed by atoms with Crippen molar-refractivity contribution >= 4 is 11.8 Å². The molecule has 4 rings (SSSR count). The number of nitrogens with zero attached hydrogens (tertiary/aromatic N) is 1. The summed E-state index contributed by atoms with van der Waals surface area (Å²) in [5.41, 5.74) is 1.89. The van der Waals surface area contributed by atoms with Crippen molar-refractivity contribution in [3.8, 4) is 0 Å². The van der Waals surface area contributed by atoms with Gasteiger partial charge in [0.2, 0.25) is 0 Å². The molecule has 1 aliphatic carbocycles. The number of ether oxygens (including phenoxy) is 1. The summed E-state index contributed by atoms with van der Waals surface area (Å²) < 4.78 is 6.05. The van der Waals surface area contributed by atoms with Crippen molar-refractivity contribution in [2.45, 2.75) is 38.1 Å². The molecule has 0 saturated heterocycles. The highest BCUT2D eigenvalue weighted by atomic mass is 16.5. The molecule has 1 aliphatic heterocycles. The maximum atomic E-state index is 12.9. The SMILES string of the molecule is O=C1c2ccccc2C(=O)N1[C@@H](COCC1CCCCC1)c1ccccc1. The topological polar surface area (TPSA) is 46.6 Å². The minimum absolute atomic E-state index is 0.231. The van der Waals surface area contributed by atoms with E-state index in [2.05, 4.69) is 0 Å². The smallest absolute Gasteiger partial charge is 0.262 e. The summed E-state index contributed by atoms with van der Waals surface area (Å²) in [5.74, 6) is 0.133. The van der Waals surface area contributed by atoms with Crippen LogP contribution in [0.25, 0.3) is 0 Å². The summed E-state index contributed by atoms with van der Waals surface area (Å²) in [6, 6.07) is 16.4. The molecule has 2 amide bonds. The lowest BCUT2D eigenvalue weighted by Gasteiger charge is -2.28. The Morgan fingerprint density at radius 3 is 2.07 bits per heavy atom. The molecule has 0 unspecified atom stereocenters. The van der Waals surface area contributed by atoms with Gasteiger partial charge in [-0.15, -0.1) is 0 Å². The fourth-order valence-electron chi connectivity index (χ4n) is 4.19. The van der Waals surface area contributed by atoms with Crippen LogP contribution in [-0.4, -0.2) is 29.9 Å². The van der Waals surface area contributed by atoms with Gasteiger partial charge in [0.05, 0.1) is 23.8 Å². The zero-order valence-corrected chi connectivity index (χ0v) is 15.5. The normalized spacial score (nSPS) is 18.6. The van der Waals surface area contributed by atoms with E-state index in [9.17, 15) is 9.59 Å². The van der Waals surface area contributed by atoms with Crippen LogP contribution < -0.4 is 0 Å². The first-order chi connectivity index (χ1) is 13.3. The van der Waals surface area contributed by atoms with E-state index in [1.54, 1.807) is 24.3 Å². The Balaban J connectivity index is 1.54. The average molecular weight is 363 g/mol. The number of benzene rings is 2. The largest absolute Gasteiger partial charge is 0.379 e. The summed E-state index contributed by atoms with van der Waals surface area (Å²) in [7, 11) is 0. The average Bonchev–Trinajstić information content (AvgIpc) is 2.98. The van der Waals surface area contributed by atoms with E-state index in [4.69, 9.17) is 4.74 Å². The van der Waals surface area contributed by atoms with Gasteiger partial charge >= 0.3 is 0 Å². The first-order valence-corrected chi connectivity index (χ1v) is 9.85. The van der Waals surface area contributed by atoms with E-state index in [-0.39, 0.29) is 11.8 Å². The molecule has 1 saturated carbocycles. The van der Waals surface area contributed by atoms with Crippen molar-refractivity contribution in [2.75, 3.05) is 13.2 Å². The van der Waals surface area contributed by atoms with E-state index in [1.807, 2.05) is 30.3 Å². The zero-order chi connectivity index (χ0) is 18.6. The molecule has 0 radical (unpaired) electrons. The minimum atomic E-state index is -0.401. The highest BCUT2D eigenvalue weighted by Gasteiger charge is 2.40. The second kappa shape index (κ2) is 8.05. The molecule has 1 heterocycles. The number of imide groups is 1. The summed E-state index contributed by atoms with van der Waals surface area (Å²) in [5, 5.41) is 0. The fraction of sp³-hybridized carbons (Fsp3) is 0.391. The van der Waals surface area contributed by atoms with Gasteiger partial charge in [0, 0.05) is 6.61 Å². The number of rotatable bonds is 6. The molecule has 4 heteroatoms. The minimum Gasteiger partial charge on any atom is -0.379 e. The van der Waals surface area contributed by atoms with Gasteiger partial charge in [-0.05, 0) is 36.5 Å².